The highest BCUT2D eigenvalue weighted by Crippen LogP contribution is 2.43. The maximum Gasteiger partial charge on any atom is 0.472 e. The second kappa shape index (κ2) is 45.5. The number of allylic oxidation sites excluding steroid dienone is 8. The highest BCUT2D eigenvalue weighted by atomic mass is 31.2. The number of phosphoric acid groups is 1. The Morgan fingerprint density at radius 1 is 0.526 bits per heavy atom. The molecule has 2 unspecified atom stereocenters. The maximum atomic E-state index is 12.6. The normalized spacial score (nSPS) is 13.8. The fourth-order valence-electron chi connectivity index (χ4n) is 6.47. The van der Waals surface area contributed by atoms with Crippen LogP contribution in [0.1, 0.15) is 213 Å². The monoisotopic (exact) mass is 824 g/mol. The highest BCUT2D eigenvalue weighted by molar-refractivity contribution is 7.47. The van der Waals surface area contributed by atoms with Gasteiger partial charge in [-0.05, 0) is 77.0 Å². The lowest BCUT2D eigenvalue weighted by molar-refractivity contribution is -0.154. The van der Waals surface area contributed by atoms with Gasteiger partial charge in [-0.25, -0.2) is 4.57 Å². The minimum Gasteiger partial charge on any atom is -0.457 e. The molecule has 0 spiro atoms. The third-order valence-electron chi connectivity index (χ3n) is 9.97. The minimum atomic E-state index is -4.28. The molecule has 0 bridgehead atoms. The summed E-state index contributed by atoms with van der Waals surface area (Å²) < 4.78 is 33.4. The third kappa shape index (κ3) is 45.4. The van der Waals surface area contributed by atoms with Gasteiger partial charge in [0.25, 0.3) is 0 Å². The summed E-state index contributed by atoms with van der Waals surface area (Å²) in [6.07, 6.45) is 54.3. The molecule has 9 heteroatoms. The van der Waals surface area contributed by atoms with Crippen LogP contribution in [0.2, 0.25) is 0 Å². The van der Waals surface area contributed by atoms with E-state index in [0.717, 1.165) is 57.8 Å². The van der Waals surface area contributed by atoms with Crippen LogP contribution >= 0.6 is 7.82 Å². The molecule has 0 aromatic carbocycles. The second-order valence-corrected chi connectivity index (χ2v) is 17.1. The summed E-state index contributed by atoms with van der Waals surface area (Å²) in [5.41, 5.74) is 5.37. The zero-order valence-corrected chi connectivity index (χ0v) is 38.0. The van der Waals surface area contributed by atoms with Crippen molar-refractivity contribution in [3.8, 4) is 0 Å². The fraction of sp³-hybridized carbons (Fsp3) is 0.812. The Bertz CT molecular complexity index is 1010. The van der Waals surface area contributed by atoms with E-state index < -0.39 is 13.9 Å². The number of hydrogen-bond acceptors (Lipinski definition) is 7. The van der Waals surface area contributed by atoms with E-state index in [4.69, 9.17) is 24.3 Å². The SMILES string of the molecule is CCCCC/C=C\CCCCCCCC(=O)OC(COCCCCCCCCCCCCC/C=C\C/C=C\C/C=C\CCCCCCC)COP(=O)(O)OCCN. The third-order valence-corrected chi connectivity index (χ3v) is 11.0. The van der Waals surface area contributed by atoms with Gasteiger partial charge in [0.15, 0.2) is 0 Å². The van der Waals surface area contributed by atoms with Crippen LogP contribution in [-0.2, 0) is 27.9 Å². The van der Waals surface area contributed by atoms with Gasteiger partial charge < -0.3 is 20.1 Å². The summed E-state index contributed by atoms with van der Waals surface area (Å²) in [5, 5.41) is 0. The number of nitrogens with two attached hydrogens (primary N) is 1. The predicted octanol–water partition coefficient (Wildman–Crippen LogP) is 14.4. The van der Waals surface area contributed by atoms with Crippen LogP contribution in [0, 0.1) is 0 Å². The summed E-state index contributed by atoms with van der Waals surface area (Å²) >= 11 is 0. The van der Waals surface area contributed by atoms with Crippen molar-refractivity contribution < 1.29 is 32.8 Å². The Morgan fingerprint density at radius 3 is 1.44 bits per heavy atom. The van der Waals surface area contributed by atoms with Crippen molar-refractivity contribution in [2.75, 3.05) is 33.0 Å². The van der Waals surface area contributed by atoms with E-state index in [2.05, 4.69) is 62.5 Å². The summed E-state index contributed by atoms with van der Waals surface area (Å²) in [5.74, 6) is -0.341. The zero-order chi connectivity index (χ0) is 41.6. The van der Waals surface area contributed by atoms with Crippen LogP contribution < -0.4 is 5.73 Å². The molecule has 0 amide bonds. The molecule has 0 saturated carbocycles. The average Bonchev–Trinajstić information content (AvgIpc) is 3.20. The van der Waals surface area contributed by atoms with E-state index in [1.54, 1.807) is 0 Å². The quantitative estimate of drug-likeness (QED) is 0.0270. The second-order valence-electron chi connectivity index (χ2n) is 15.6. The first-order chi connectivity index (χ1) is 27.9. The van der Waals surface area contributed by atoms with E-state index in [0.29, 0.717) is 13.0 Å². The number of hydrogen-bond donors (Lipinski definition) is 2. The van der Waals surface area contributed by atoms with Crippen LogP contribution in [0.25, 0.3) is 0 Å². The zero-order valence-electron chi connectivity index (χ0n) is 37.1. The van der Waals surface area contributed by atoms with E-state index in [1.165, 1.54) is 135 Å². The fourth-order valence-corrected chi connectivity index (χ4v) is 7.23. The first-order valence-corrected chi connectivity index (χ1v) is 25.1. The average molecular weight is 824 g/mol. The van der Waals surface area contributed by atoms with Crippen molar-refractivity contribution in [2.24, 2.45) is 5.73 Å². The van der Waals surface area contributed by atoms with Crippen molar-refractivity contribution in [1.82, 2.24) is 0 Å². The topological polar surface area (TPSA) is 117 Å². The first kappa shape index (κ1) is 55.5. The Hall–Kier alpha value is -1.54. The largest absolute Gasteiger partial charge is 0.472 e. The molecule has 334 valence electrons. The number of rotatable bonds is 45. The lowest BCUT2D eigenvalue weighted by Gasteiger charge is -2.20. The maximum absolute atomic E-state index is 12.6. The molecular formula is C48H90NO7P. The molecule has 8 nitrogen and oxygen atoms in total. The van der Waals surface area contributed by atoms with E-state index >= 15 is 0 Å². The number of unbranched alkanes of at least 4 members (excludes halogenated alkanes) is 24. The molecule has 0 aromatic heterocycles. The van der Waals surface area contributed by atoms with Gasteiger partial charge in [-0.15, -0.1) is 0 Å². The number of ether oxygens (including phenoxy) is 2. The summed E-state index contributed by atoms with van der Waals surface area (Å²) in [6.45, 7) is 4.88. The molecule has 0 heterocycles. The molecule has 0 rings (SSSR count). The lowest BCUT2D eigenvalue weighted by atomic mass is 10.1. The molecule has 3 N–H and O–H groups in total. The molecule has 57 heavy (non-hydrogen) atoms. The molecule has 0 aromatic rings. The molecule has 0 saturated heterocycles. The van der Waals surface area contributed by atoms with Gasteiger partial charge in [-0.3, -0.25) is 13.8 Å². The van der Waals surface area contributed by atoms with Gasteiger partial charge in [-0.2, -0.15) is 0 Å². The van der Waals surface area contributed by atoms with Crippen LogP contribution in [0.5, 0.6) is 0 Å². The van der Waals surface area contributed by atoms with Crippen LogP contribution in [0.3, 0.4) is 0 Å². The Balaban J connectivity index is 3.91. The van der Waals surface area contributed by atoms with Crippen LogP contribution in [-0.4, -0.2) is 49.9 Å². The van der Waals surface area contributed by atoms with E-state index in [9.17, 15) is 14.3 Å². The van der Waals surface area contributed by atoms with Crippen molar-refractivity contribution in [3.05, 3.63) is 48.6 Å². The minimum absolute atomic E-state index is 0.0976. The van der Waals surface area contributed by atoms with Gasteiger partial charge >= 0.3 is 13.8 Å². The van der Waals surface area contributed by atoms with Crippen molar-refractivity contribution >= 4 is 13.8 Å². The van der Waals surface area contributed by atoms with Crippen LogP contribution in [0.4, 0.5) is 0 Å². The summed E-state index contributed by atoms with van der Waals surface area (Å²) in [7, 11) is -4.28. The van der Waals surface area contributed by atoms with E-state index in [1.807, 2.05) is 0 Å². The Labute approximate surface area is 351 Å². The van der Waals surface area contributed by atoms with E-state index in [-0.39, 0.29) is 32.3 Å². The smallest absolute Gasteiger partial charge is 0.457 e. The van der Waals surface area contributed by atoms with Crippen molar-refractivity contribution in [1.29, 1.82) is 0 Å². The van der Waals surface area contributed by atoms with Crippen molar-refractivity contribution in [2.45, 2.75) is 219 Å². The van der Waals surface area contributed by atoms with Crippen molar-refractivity contribution in [3.63, 3.8) is 0 Å². The molecular weight excluding hydrogens is 734 g/mol. The number of carbonyl (C=O) groups excluding carboxylic acids is 1. The molecule has 0 radical (unpaired) electrons. The van der Waals surface area contributed by atoms with Gasteiger partial charge in [0.05, 0.1) is 19.8 Å². The molecule has 2 atom stereocenters. The molecule has 0 aliphatic carbocycles. The number of carbonyl (C=O) groups is 1. The van der Waals surface area contributed by atoms with Gasteiger partial charge in [0.2, 0.25) is 0 Å². The summed E-state index contributed by atoms with van der Waals surface area (Å²) in [6, 6.07) is 0. The Morgan fingerprint density at radius 2 is 0.930 bits per heavy atom. The predicted molar refractivity (Wildman–Crippen MR) is 243 cm³/mol. The standard InChI is InChI=1S/C48H90NO7P/c1-3-5-7-9-11-13-15-17-18-19-20-21-22-23-24-25-26-27-28-29-30-32-34-36-38-40-43-53-45-47(46-55-57(51,52)54-44-42-49)56-48(50)41-39-37-35-33-31-16-14-12-10-8-6-4-2/h12,14-15,17,19-20,22-23,47H,3-11,13,16,18,21,24-46,49H2,1-2H3,(H,51,52)/b14-12-,17-15-,20-19-,23-22-. The first-order valence-electron chi connectivity index (χ1n) is 23.6. The lowest BCUT2D eigenvalue weighted by Crippen LogP contribution is -2.28. The van der Waals surface area contributed by atoms with Gasteiger partial charge in [0, 0.05) is 19.6 Å². The number of phosphoric ester groups is 1. The highest BCUT2D eigenvalue weighted by Gasteiger charge is 2.25. The van der Waals surface area contributed by atoms with Gasteiger partial charge in [0.1, 0.15) is 6.10 Å². The summed E-state index contributed by atoms with van der Waals surface area (Å²) in [4.78, 5) is 22.5. The Kier molecular flexibility index (Phi) is 44.3. The van der Waals surface area contributed by atoms with Gasteiger partial charge in [-0.1, -0.05) is 178 Å². The van der Waals surface area contributed by atoms with Crippen LogP contribution in [0.15, 0.2) is 48.6 Å². The molecule has 0 fully saturated rings. The molecule has 0 aliphatic rings. The molecule has 0 aliphatic heterocycles. The number of esters is 1.